The summed E-state index contributed by atoms with van der Waals surface area (Å²) < 4.78 is 55.6. The maximum absolute atomic E-state index is 13.2. The summed E-state index contributed by atoms with van der Waals surface area (Å²) in [5, 5.41) is 0. The Morgan fingerprint density at radius 1 is 0.407 bits per heavy atom. The molecule has 4 aromatic carbocycles. The summed E-state index contributed by atoms with van der Waals surface area (Å²) in [6, 6.07) is 17.0. The van der Waals surface area contributed by atoms with Crippen LogP contribution in [0.5, 0.6) is 34.5 Å². The fourth-order valence-electron chi connectivity index (χ4n) is 7.51. The predicted octanol–water partition coefficient (Wildman–Crippen LogP) is 14.6. The summed E-state index contributed by atoms with van der Waals surface area (Å²) >= 11 is 0. The Kier molecular flexibility index (Phi) is 28.1. The number of ether oxygens (including phenoxy) is 10. The van der Waals surface area contributed by atoms with Gasteiger partial charge in [0.2, 0.25) is 27.2 Å². The van der Waals surface area contributed by atoms with Gasteiger partial charge in [0.1, 0.15) is 34.5 Å². The molecule has 464 valence electrons. The molecule has 0 aromatic heterocycles. The van der Waals surface area contributed by atoms with Gasteiger partial charge in [-0.25, -0.2) is 0 Å². The van der Waals surface area contributed by atoms with Gasteiger partial charge >= 0.3 is 23.9 Å². The van der Waals surface area contributed by atoms with Crippen LogP contribution in [0, 0.1) is 21.7 Å². The van der Waals surface area contributed by atoms with Crippen molar-refractivity contribution in [3.63, 3.8) is 0 Å². The van der Waals surface area contributed by atoms with Gasteiger partial charge < -0.3 is 47.4 Å². The summed E-state index contributed by atoms with van der Waals surface area (Å²) in [5.41, 5.74) is 2.72. The molecule has 0 radical (unpaired) electrons. The molecular weight excluding hydrogens is 1100 g/mol. The summed E-state index contributed by atoms with van der Waals surface area (Å²) in [6.45, 7) is 31.6. The van der Waals surface area contributed by atoms with Crippen LogP contribution in [0.15, 0.2) is 122 Å². The fraction of sp³-hybridized carbons (Fsp3) is 0.400. The lowest BCUT2D eigenvalue weighted by atomic mass is 9.96. The normalized spacial score (nSPS) is 11.8. The zero-order valence-corrected chi connectivity index (χ0v) is 53.2. The Bertz CT molecular complexity index is 3090. The van der Waals surface area contributed by atoms with Gasteiger partial charge in [0.15, 0.2) is 11.6 Å². The third-order valence-electron chi connectivity index (χ3n) is 12.3. The number of methoxy groups -OCH3 is 2. The third-order valence-corrected chi connectivity index (χ3v) is 12.3. The number of benzene rings is 4. The molecule has 0 aliphatic carbocycles. The molecule has 0 heterocycles. The minimum absolute atomic E-state index is 0.226. The Morgan fingerprint density at radius 2 is 0.686 bits per heavy atom. The Balaban J connectivity index is 0.000000451. The molecule has 4 rings (SSSR count). The second-order valence-corrected chi connectivity index (χ2v) is 23.7. The highest BCUT2D eigenvalue weighted by Crippen LogP contribution is 2.40. The van der Waals surface area contributed by atoms with Crippen LogP contribution >= 0.6 is 0 Å². The fourth-order valence-corrected chi connectivity index (χ4v) is 7.51. The highest BCUT2D eigenvalue weighted by Gasteiger charge is 2.27. The van der Waals surface area contributed by atoms with E-state index >= 15 is 0 Å². The van der Waals surface area contributed by atoms with Gasteiger partial charge in [0, 0.05) is 11.1 Å². The molecule has 0 aliphatic heterocycles. The molecule has 0 unspecified atom stereocenters. The van der Waals surface area contributed by atoms with Crippen molar-refractivity contribution in [2.24, 2.45) is 21.7 Å². The molecule has 0 aliphatic rings. The molecule has 16 nitrogen and oxygen atoms in total. The van der Waals surface area contributed by atoms with Crippen molar-refractivity contribution in [3.8, 4) is 34.5 Å². The lowest BCUT2D eigenvalue weighted by molar-refractivity contribution is -0.160. The third kappa shape index (κ3) is 22.7. The van der Waals surface area contributed by atoms with Gasteiger partial charge in [-0.05, 0) is 230 Å². The van der Waals surface area contributed by atoms with Crippen LogP contribution in [0.4, 0.5) is 0 Å². The number of esters is 4. The molecule has 4 aromatic rings. The average molecular weight is 1190 g/mol. The topological polar surface area (TPSA) is 195 Å². The maximum Gasteiger partial charge on any atom is 0.314 e. The highest BCUT2D eigenvalue weighted by molar-refractivity contribution is 6.08. The summed E-state index contributed by atoms with van der Waals surface area (Å²) in [6.07, 6.45) is 19.7. The van der Waals surface area contributed by atoms with E-state index in [9.17, 15) is 28.8 Å². The molecule has 0 bridgehead atoms. The van der Waals surface area contributed by atoms with Crippen molar-refractivity contribution in [1.82, 2.24) is 0 Å². The molecular formula is C70H88O16. The Hall–Kier alpha value is -8.66. The van der Waals surface area contributed by atoms with Gasteiger partial charge in [-0.1, -0.05) is 36.5 Å². The molecule has 0 atom stereocenters. The Labute approximate surface area is 508 Å². The van der Waals surface area contributed by atoms with Crippen LogP contribution in [-0.2, 0) is 63.8 Å². The van der Waals surface area contributed by atoms with Crippen LogP contribution in [0.25, 0.3) is 12.2 Å². The smallest absolute Gasteiger partial charge is 0.314 e. The van der Waals surface area contributed by atoms with E-state index in [1.807, 2.05) is 50.3 Å². The molecule has 16 heteroatoms. The quantitative estimate of drug-likeness (QED) is 0.0130. The van der Waals surface area contributed by atoms with Crippen LogP contribution in [0.3, 0.4) is 0 Å². The molecule has 86 heavy (non-hydrogen) atoms. The lowest BCUT2D eigenvalue weighted by Gasteiger charge is -2.21. The largest absolute Gasteiger partial charge is 0.496 e. The van der Waals surface area contributed by atoms with E-state index in [2.05, 4.69) is 13.2 Å². The zero-order chi connectivity index (χ0) is 64.4. The van der Waals surface area contributed by atoms with Gasteiger partial charge in [-0.3, -0.25) is 28.8 Å². The monoisotopic (exact) mass is 1180 g/mol. The molecule has 0 amide bonds. The number of carbonyl (C=O) groups excluding carboxylic acids is 6. The van der Waals surface area contributed by atoms with E-state index in [-0.39, 0.29) is 50.7 Å². The van der Waals surface area contributed by atoms with E-state index in [0.29, 0.717) is 82.4 Å². The maximum atomic E-state index is 13.2. The molecule has 0 saturated heterocycles. The van der Waals surface area contributed by atoms with E-state index in [1.54, 1.807) is 163 Å². The van der Waals surface area contributed by atoms with Crippen LogP contribution in [0.1, 0.15) is 151 Å². The predicted molar refractivity (Wildman–Crippen MR) is 335 cm³/mol. The van der Waals surface area contributed by atoms with Gasteiger partial charge in [-0.15, -0.1) is 13.2 Å². The number of hydrogen-bond donors (Lipinski definition) is 0. The SMILES string of the molecule is C/C=C/Cc1cc(C/C=C/C)c(OCOC(=O)C(C)(C)C)c(/C=C/C(=O)c2ccc(OCOC(=O)C(C)(C)C)cc2)c1OC.C=CCc1cc(CC=C)c(OCOC(=O)C(C)(C)C)c(/C=C/C(=O)c2ccc(OCOC(=O)C(C)(C)C)cc2)c1OC. The first kappa shape index (κ1) is 71.6. The van der Waals surface area contributed by atoms with Crippen molar-refractivity contribution >= 4 is 47.6 Å². The number of carbonyl (C=O) groups is 6. The Morgan fingerprint density at radius 3 is 0.965 bits per heavy atom. The van der Waals surface area contributed by atoms with E-state index in [4.69, 9.17) is 47.4 Å². The van der Waals surface area contributed by atoms with Crippen LogP contribution in [-0.4, -0.2) is 76.8 Å². The minimum atomic E-state index is -0.689. The first-order valence-electron chi connectivity index (χ1n) is 28.2. The van der Waals surface area contributed by atoms with Crippen LogP contribution < -0.4 is 28.4 Å². The molecule has 0 fully saturated rings. The van der Waals surface area contributed by atoms with E-state index in [1.165, 1.54) is 19.3 Å². The number of hydrogen-bond acceptors (Lipinski definition) is 16. The summed E-state index contributed by atoms with van der Waals surface area (Å²) in [5.74, 6) is 0.783. The second-order valence-electron chi connectivity index (χ2n) is 23.7. The zero-order valence-electron chi connectivity index (χ0n) is 53.2. The van der Waals surface area contributed by atoms with Gasteiger partial charge in [-0.2, -0.15) is 0 Å². The van der Waals surface area contributed by atoms with Crippen molar-refractivity contribution in [3.05, 3.63) is 167 Å². The number of ketones is 2. The number of allylic oxidation sites excluding steroid dienone is 8. The highest BCUT2D eigenvalue weighted by atomic mass is 16.7. The standard InChI is InChI=1S/C36H46O8.C34H42O8/c1-10-12-14-26-22-27(15-13-11-2)32(42-24-44-34(39)36(6,7)8)29(31(26)40-9)20-21-30(37)25-16-18-28(19-17-25)41-23-43-33(38)35(3,4)5;1-10-12-24-20-25(13-11-2)30(40-22-42-32(37)34(6,7)8)27(29(24)38-9)18-19-28(35)23-14-16-26(17-15-23)39-21-41-31(36)33(3,4)5/h10-13,16-22H,14-15,23-24H2,1-9H3;10-11,14-20H,1-2,12-13,21-22H2,3-9H3/b12-10+,13-11+,21-20+;19-18+. The van der Waals surface area contributed by atoms with Crippen molar-refractivity contribution in [2.75, 3.05) is 41.4 Å². The molecule has 0 saturated carbocycles. The van der Waals surface area contributed by atoms with Crippen molar-refractivity contribution < 1.29 is 76.1 Å². The second kappa shape index (κ2) is 33.7. The van der Waals surface area contributed by atoms with Crippen molar-refractivity contribution in [2.45, 2.75) is 123 Å². The summed E-state index contributed by atoms with van der Waals surface area (Å²) in [4.78, 5) is 74.8. The van der Waals surface area contributed by atoms with E-state index < -0.39 is 33.6 Å². The van der Waals surface area contributed by atoms with Gasteiger partial charge in [0.05, 0.1) is 47.0 Å². The van der Waals surface area contributed by atoms with Crippen molar-refractivity contribution in [1.29, 1.82) is 0 Å². The van der Waals surface area contributed by atoms with E-state index in [0.717, 1.165) is 22.3 Å². The first-order valence-corrected chi connectivity index (χ1v) is 28.2. The summed E-state index contributed by atoms with van der Waals surface area (Å²) in [7, 11) is 3.11. The number of rotatable bonds is 28. The minimum Gasteiger partial charge on any atom is -0.496 e. The van der Waals surface area contributed by atoms with Gasteiger partial charge in [0.25, 0.3) is 0 Å². The lowest BCUT2D eigenvalue weighted by Crippen LogP contribution is -2.25. The van der Waals surface area contributed by atoms with Crippen LogP contribution in [0.2, 0.25) is 0 Å². The average Bonchev–Trinajstić information content (AvgIpc) is 2.87. The molecule has 0 spiro atoms. The first-order chi connectivity index (χ1) is 40.4. The molecule has 0 N–H and O–H groups in total.